The summed E-state index contributed by atoms with van der Waals surface area (Å²) in [5, 5.41) is 6.18. The van der Waals surface area contributed by atoms with Crippen molar-refractivity contribution >= 4 is 5.91 Å². The Morgan fingerprint density at radius 1 is 1.37 bits per heavy atom. The highest BCUT2D eigenvalue weighted by atomic mass is 16.5. The lowest BCUT2D eigenvalue weighted by atomic mass is 10.1. The Morgan fingerprint density at radius 3 is 2.68 bits per heavy atom. The minimum absolute atomic E-state index is 0.0294. The van der Waals surface area contributed by atoms with E-state index < -0.39 is 0 Å². The van der Waals surface area contributed by atoms with Gasteiger partial charge in [0.25, 0.3) is 0 Å². The number of rotatable bonds is 8. The number of amides is 1. The van der Waals surface area contributed by atoms with Crippen LogP contribution in [0.15, 0.2) is 0 Å². The Morgan fingerprint density at radius 2 is 2.05 bits per heavy atom. The van der Waals surface area contributed by atoms with Crippen molar-refractivity contribution in [2.75, 3.05) is 32.8 Å². The van der Waals surface area contributed by atoms with E-state index >= 15 is 0 Å². The minimum atomic E-state index is -0.305. The molecule has 1 aliphatic heterocycles. The number of piperidine rings is 1. The molecule has 0 unspecified atom stereocenters. The maximum absolute atomic E-state index is 11.7. The molecule has 1 amide bonds. The first-order valence-electron chi connectivity index (χ1n) is 7.26. The van der Waals surface area contributed by atoms with Crippen LogP contribution in [0.5, 0.6) is 0 Å². The van der Waals surface area contributed by atoms with E-state index in [0.717, 1.165) is 25.9 Å². The van der Waals surface area contributed by atoms with Crippen LogP contribution < -0.4 is 10.6 Å². The van der Waals surface area contributed by atoms with Gasteiger partial charge in [-0.25, -0.2) is 0 Å². The van der Waals surface area contributed by atoms with Crippen molar-refractivity contribution in [1.29, 1.82) is 0 Å². The summed E-state index contributed by atoms with van der Waals surface area (Å²) in [5.41, 5.74) is -0.305. The predicted molar refractivity (Wildman–Crippen MR) is 75.2 cm³/mol. The Bertz CT molecular complexity index is 263. The van der Waals surface area contributed by atoms with Crippen molar-refractivity contribution in [2.45, 2.75) is 51.7 Å². The largest absolute Gasteiger partial charge is 0.378 e. The smallest absolute Gasteiger partial charge is 0.222 e. The second-order valence-electron chi connectivity index (χ2n) is 5.54. The lowest BCUT2D eigenvalue weighted by Gasteiger charge is -2.25. The highest BCUT2D eigenvalue weighted by molar-refractivity contribution is 5.76. The fraction of sp³-hybridized carbons (Fsp3) is 0.929. The second kappa shape index (κ2) is 8.51. The topological polar surface area (TPSA) is 59.6 Å². The van der Waals surface area contributed by atoms with Gasteiger partial charge in [-0.2, -0.15) is 0 Å². The number of hydrogen-bond donors (Lipinski definition) is 2. The van der Waals surface area contributed by atoms with E-state index in [4.69, 9.17) is 9.47 Å². The molecule has 0 spiro atoms. The molecule has 1 aliphatic rings. The van der Waals surface area contributed by atoms with Gasteiger partial charge in [-0.15, -0.1) is 0 Å². The Hall–Kier alpha value is -0.650. The van der Waals surface area contributed by atoms with Crippen molar-refractivity contribution in [3.8, 4) is 0 Å². The molecule has 0 atom stereocenters. The van der Waals surface area contributed by atoms with Crippen LogP contribution >= 0.6 is 0 Å². The molecule has 0 radical (unpaired) electrons. The normalized spacial score (nSPS) is 17.4. The summed E-state index contributed by atoms with van der Waals surface area (Å²) < 4.78 is 11.2. The molecular weight excluding hydrogens is 244 g/mol. The molecule has 5 nitrogen and oxygen atoms in total. The van der Waals surface area contributed by atoms with Crippen molar-refractivity contribution < 1.29 is 14.3 Å². The molecule has 2 N–H and O–H groups in total. The molecule has 0 aromatic rings. The van der Waals surface area contributed by atoms with Crippen LogP contribution in [0.3, 0.4) is 0 Å². The first-order valence-corrected chi connectivity index (χ1v) is 7.26. The van der Waals surface area contributed by atoms with Crippen LogP contribution in [-0.4, -0.2) is 50.5 Å². The Kier molecular flexibility index (Phi) is 7.34. The van der Waals surface area contributed by atoms with Crippen molar-refractivity contribution in [3.05, 3.63) is 0 Å². The van der Waals surface area contributed by atoms with Gasteiger partial charge in [0.1, 0.15) is 0 Å². The summed E-state index contributed by atoms with van der Waals surface area (Å²) >= 11 is 0. The molecule has 1 heterocycles. The third-order valence-corrected chi connectivity index (χ3v) is 3.22. The molecule has 0 aromatic heterocycles. The van der Waals surface area contributed by atoms with Gasteiger partial charge in [-0.3, -0.25) is 4.79 Å². The van der Waals surface area contributed by atoms with Crippen LogP contribution in [0.4, 0.5) is 0 Å². The zero-order chi connectivity index (χ0) is 14.1. The Labute approximate surface area is 116 Å². The summed E-state index contributed by atoms with van der Waals surface area (Å²) in [5.74, 6) is 0.0294. The van der Waals surface area contributed by atoms with E-state index in [2.05, 4.69) is 10.6 Å². The fourth-order valence-corrected chi connectivity index (χ4v) is 2.12. The van der Waals surface area contributed by atoms with Crippen LogP contribution in [-0.2, 0) is 14.3 Å². The number of carbonyl (C=O) groups is 1. The van der Waals surface area contributed by atoms with Gasteiger partial charge in [0.15, 0.2) is 0 Å². The van der Waals surface area contributed by atoms with Gasteiger partial charge in [0.05, 0.1) is 18.3 Å². The first-order chi connectivity index (χ1) is 9.03. The number of nitrogens with one attached hydrogen (secondary N) is 2. The quantitative estimate of drug-likeness (QED) is 0.694. The molecule has 0 bridgehead atoms. The summed E-state index contributed by atoms with van der Waals surface area (Å²) in [6.45, 7) is 9.63. The predicted octanol–water partition coefficient (Wildman–Crippen LogP) is 1.08. The van der Waals surface area contributed by atoms with Gasteiger partial charge in [0, 0.05) is 19.6 Å². The monoisotopic (exact) mass is 272 g/mol. The SMILES string of the molecule is CCOC(C)(C)CNC(=O)CCOC1CCNCC1. The Balaban J connectivity index is 2.07. The van der Waals surface area contributed by atoms with Crippen molar-refractivity contribution in [1.82, 2.24) is 10.6 Å². The molecule has 1 saturated heterocycles. The lowest BCUT2D eigenvalue weighted by Crippen LogP contribution is -2.41. The number of ether oxygens (including phenoxy) is 2. The molecule has 0 aromatic carbocycles. The second-order valence-corrected chi connectivity index (χ2v) is 5.54. The minimum Gasteiger partial charge on any atom is -0.378 e. The summed E-state index contributed by atoms with van der Waals surface area (Å²) in [4.78, 5) is 11.7. The molecule has 5 heteroatoms. The average Bonchev–Trinajstić information content (AvgIpc) is 2.38. The third-order valence-electron chi connectivity index (χ3n) is 3.22. The number of carbonyl (C=O) groups excluding carboxylic acids is 1. The lowest BCUT2D eigenvalue weighted by molar-refractivity contribution is -0.124. The molecule has 112 valence electrons. The first kappa shape index (κ1) is 16.4. The average molecular weight is 272 g/mol. The molecular formula is C14H28N2O3. The third kappa shape index (κ3) is 7.50. The van der Waals surface area contributed by atoms with Crippen molar-refractivity contribution in [3.63, 3.8) is 0 Å². The van der Waals surface area contributed by atoms with Gasteiger partial charge < -0.3 is 20.1 Å². The van der Waals surface area contributed by atoms with Gasteiger partial charge in [0.2, 0.25) is 5.91 Å². The standard InChI is InChI=1S/C14H28N2O3/c1-4-19-14(2,3)11-16-13(17)7-10-18-12-5-8-15-9-6-12/h12,15H,4-11H2,1-3H3,(H,16,17). The van der Waals surface area contributed by atoms with Crippen LogP contribution in [0.25, 0.3) is 0 Å². The fourth-order valence-electron chi connectivity index (χ4n) is 2.12. The summed E-state index contributed by atoms with van der Waals surface area (Å²) in [7, 11) is 0. The van der Waals surface area contributed by atoms with E-state index in [0.29, 0.717) is 32.3 Å². The zero-order valence-corrected chi connectivity index (χ0v) is 12.5. The van der Waals surface area contributed by atoms with E-state index in [1.54, 1.807) is 0 Å². The highest BCUT2D eigenvalue weighted by Gasteiger charge is 2.19. The maximum atomic E-state index is 11.7. The van der Waals surface area contributed by atoms with E-state index in [1.165, 1.54) is 0 Å². The number of hydrogen-bond acceptors (Lipinski definition) is 4. The summed E-state index contributed by atoms with van der Waals surface area (Å²) in [6, 6.07) is 0. The van der Waals surface area contributed by atoms with E-state index in [1.807, 2.05) is 20.8 Å². The highest BCUT2D eigenvalue weighted by Crippen LogP contribution is 2.08. The molecule has 0 aliphatic carbocycles. The molecule has 0 saturated carbocycles. The van der Waals surface area contributed by atoms with Gasteiger partial charge in [-0.1, -0.05) is 0 Å². The molecule has 1 rings (SSSR count). The maximum Gasteiger partial charge on any atom is 0.222 e. The summed E-state index contributed by atoms with van der Waals surface area (Å²) in [6.07, 6.45) is 2.82. The van der Waals surface area contributed by atoms with Crippen molar-refractivity contribution in [2.24, 2.45) is 0 Å². The zero-order valence-electron chi connectivity index (χ0n) is 12.5. The van der Waals surface area contributed by atoms with Gasteiger partial charge in [-0.05, 0) is 46.7 Å². The van der Waals surface area contributed by atoms with Crippen LogP contribution in [0.2, 0.25) is 0 Å². The van der Waals surface area contributed by atoms with E-state index in [-0.39, 0.29) is 11.5 Å². The molecule has 19 heavy (non-hydrogen) atoms. The van der Waals surface area contributed by atoms with Gasteiger partial charge >= 0.3 is 0 Å². The van der Waals surface area contributed by atoms with Crippen LogP contribution in [0.1, 0.15) is 40.0 Å². The molecule has 1 fully saturated rings. The van der Waals surface area contributed by atoms with E-state index in [9.17, 15) is 4.79 Å². The van der Waals surface area contributed by atoms with Crippen LogP contribution in [0, 0.1) is 0 Å².